The molecular formula is C33H28N6O2. The molecule has 0 amide bonds. The number of nitrogens with one attached hydrogen (secondary N) is 1. The van der Waals surface area contributed by atoms with Gasteiger partial charge in [0, 0.05) is 30.5 Å². The molecule has 0 unspecified atom stereocenters. The molecule has 0 saturated carbocycles. The largest absolute Gasteiger partial charge is 0.481 e. The molecule has 6 aromatic rings. The molecule has 0 bridgehead atoms. The van der Waals surface area contributed by atoms with Crippen LogP contribution in [0, 0.1) is 0 Å². The Kier molecular flexibility index (Phi) is 7.21. The number of aliphatic carboxylic acids is 1. The van der Waals surface area contributed by atoms with Crippen LogP contribution in [0.4, 0.5) is 5.82 Å². The number of carbonyl (C=O) groups is 1. The van der Waals surface area contributed by atoms with Crippen LogP contribution in [0.1, 0.15) is 16.7 Å². The summed E-state index contributed by atoms with van der Waals surface area (Å²) in [4.78, 5) is 25.2. The summed E-state index contributed by atoms with van der Waals surface area (Å²) in [5.74, 6) is 0.248. The number of nitrogens with zero attached hydrogens (tertiary/aromatic N) is 4. The zero-order chi connectivity index (χ0) is 28.2. The molecular weight excluding hydrogens is 512 g/mol. The van der Waals surface area contributed by atoms with E-state index in [0.717, 1.165) is 50.4 Å². The number of benzene rings is 3. The first-order valence-corrected chi connectivity index (χ1v) is 13.3. The molecule has 6 rings (SSSR count). The number of rotatable bonds is 9. The fourth-order valence-electron chi connectivity index (χ4n) is 4.90. The highest BCUT2D eigenvalue weighted by molar-refractivity contribution is 5.84. The van der Waals surface area contributed by atoms with Crippen LogP contribution in [0.2, 0.25) is 0 Å². The summed E-state index contributed by atoms with van der Waals surface area (Å²) in [6.45, 7) is 1.30. The summed E-state index contributed by atoms with van der Waals surface area (Å²) in [5, 5.41) is 12.5. The second kappa shape index (κ2) is 11.4. The van der Waals surface area contributed by atoms with E-state index in [2.05, 4.69) is 34.6 Å². The molecule has 202 valence electrons. The minimum absolute atomic E-state index is 0.0205. The molecule has 3 heterocycles. The first-order chi connectivity index (χ1) is 20.0. The number of aromatic nitrogens is 4. The van der Waals surface area contributed by atoms with E-state index in [0.29, 0.717) is 24.7 Å². The highest BCUT2D eigenvalue weighted by Gasteiger charge is 2.18. The summed E-state index contributed by atoms with van der Waals surface area (Å²) in [6.07, 6.45) is 1.69. The van der Waals surface area contributed by atoms with Gasteiger partial charge in [0.1, 0.15) is 11.3 Å². The van der Waals surface area contributed by atoms with Gasteiger partial charge in [0.15, 0.2) is 11.5 Å². The van der Waals surface area contributed by atoms with Crippen molar-refractivity contribution in [1.82, 2.24) is 24.8 Å². The van der Waals surface area contributed by atoms with Crippen LogP contribution < -0.4 is 11.1 Å². The average Bonchev–Trinajstić information content (AvgIpc) is 3.37. The van der Waals surface area contributed by atoms with Crippen molar-refractivity contribution in [2.24, 2.45) is 0 Å². The molecule has 3 aromatic carbocycles. The number of anilines is 1. The van der Waals surface area contributed by atoms with Crippen molar-refractivity contribution < 1.29 is 9.90 Å². The molecule has 3 aromatic heterocycles. The third-order valence-electron chi connectivity index (χ3n) is 6.85. The maximum Gasteiger partial charge on any atom is 0.307 e. The first kappa shape index (κ1) is 25.9. The van der Waals surface area contributed by atoms with Crippen molar-refractivity contribution >= 4 is 23.0 Å². The van der Waals surface area contributed by atoms with Gasteiger partial charge in [-0.05, 0) is 53.1 Å². The zero-order valence-electron chi connectivity index (χ0n) is 22.2. The van der Waals surface area contributed by atoms with E-state index in [1.54, 1.807) is 6.20 Å². The molecule has 0 atom stereocenters. The summed E-state index contributed by atoms with van der Waals surface area (Å²) < 4.78 is 2.03. The summed E-state index contributed by atoms with van der Waals surface area (Å²) in [6, 6.07) is 33.7. The minimum atomic E-state index is -0.832. The number of hydrogen-bond donors (Lipinski definition) is 3. The van der Waals surface area contributed by atoms with Gasteiger partial charge >= 0.3 is 5.97 Å². The van der Waals surface area contributed by atoms with Crippen molar-refractivity contribution in [2.45, 2.75) is 19.5 Å². The number of carboxylic acids is 1. The van der Waals surface area contributed by atoms with Crippen LogP contribution >= 0.6 is 0 Å². The first-order valence-electron chi connectivity index (χ1n) is 13.3. The molecule has 0 radical (unpaired) electrons. The van der Waals surface area contributed by atoms with Gasteiger partial charge in [-0.25, -0.2) is 15.0 Å². The number of imidazole rings is 1. The Morgan fingerprint density at radius 2 is 1.59 bits per heavy atom. The number of nitrogen functional groups attached to an aromatic ring is 1. The van der Waals surface area contributed by atoms with Crippen LogP contribution in [-0.4, -0.2) is 30.6 Å². The van der Waals surface area contributed by atoms with Gasteiger partial charge in [0.2, 0.25) is 0 Å². The van der Waals surface area contributed by atoms with Gasteiger partial charge in [-0.15, -0.1) is 0 Å². The van der Waals surface area contributed by atoms with Crippen molar-refractivity contribution in [3.05, 3.63) is 126 Å². The second-order valence-electron chi connectivity index (χ2n) is 9.77. The normalized spacial score (nSPS) is 11.1. The lowest BCUT2D eigenvalue weighted by molar-refractivity contribution is -0.136. The molecule has 0 fully saturated rings. The van der Waals surface area contributed by atoms with Crippen molar-refractivity contribution in [2.75, 3.05) is 5.73 Å². The predicted octanol–water partition coefficient (Wildman–Crippen LogP) is 5.65. The van der Waals surface area contributed by atoms with Crippen LogP contribution in [0.3, 0.4) is 0 Å². The molecule has 0 saturated heterocycles. The standard InChI is InChI=1S/C33H28N6O2/c34-31-27(10-5-17-36-31)32-38-29-16-15-28(25-8-2-1-3-9-25)37-33(29)39(32)26-13-11-22(12-14-26)20-35-21-24-7-4-6-23(18-24)19-30(40)41/h1-18,35H,19-21H2,(H2,34,36)(H,40,41). The third kappa shape index (κ3) is 5.68. The fourth-order valence-corrected chi connectivity index (χ4v) is 4.90. The van der Waals surface area contributed by atoms with Gasteiger partial charge in [0.25, 0.3) is 0 Å². The minimum Gasteiger partial charge on any atom is -0.481 e. The van der Waals surface area contributed by atoms with Crippen molar-refractivity contribution in [3.8, 4) is 28.3 Å². The van der Waals surface area contributed by atoms with Crippen LogP contribution in [-0.2, 0) is 24.3 Å². The fraction of sp³-hybridized carbons (Fsp3) is 0.0909. The topological polar surface area (TPSA) is 119 Å². The SMILES string of the molecule is Nc1ncccc1-c1nc2ccc(-c3ccccc3)nc2n1-c1ccc(CNCc2cccc(CC(=O)O)c2)cc1. The van der Waals surface area contributed by atoms with Gasteiger partial charge in [0.05, 0.1) is 17.7 Å². The maximum absolute atomic E-state index is 11.0. The zero-order valence-corrected chi connectivity index (χ0v) is 22.2. The number of hydrogen-bond acceptors (Lipinski definition) is 6. The van der Waals surface area contributed by atoms with E-state index in [-0.39, 0.29) is 6.42 Å². The lowest BCUT2D eigenvalue weighted by Crippen LogP contribution is -2.13. The van der Waals surface area contributed by atoms with E-state index in [1.807, 2.05) is 83.4 Å². The van der Waals surface area contributed by atoms with Crippen molar-refractivity contribution in [3.63, 3.8) is 0 Å². The van der Waals surface area contributed by atoms with Gasteiger partial charge in [-0.1, -0.05) is 66.7 Å². The Hall–Kier alpha value is -5.34. The Balaban J connectivity index is 1.30. The predicted molar refractivity (Wildman–Crippen MR) is 160 cm³/mol. The molecule has 0 aliphatic carbocycles. The number of carboxylic acid groups (broad SMARTS) is 1. The van der Waals surface area contributed by atoms with Crippen LogP contribution in [0.5, 0.6) is 0 Å². The Bertz CT molecular complexity index is 1830. The Labute approximate surface area is 237 Å². The third-order valence-corrected chi connectivity index (χ3v) is 6.85. The van der Waals surface area contributed by atoms with E-state index in [9.17, 15) is 4.79 Å². The molecule has 41 heavy (non-hydrogen) atoms. The van der Waals surface area contributed by atoms with E-state index in [4.69, 9.17) is 20.8 Å². The lowest BCUT2D eigenvalue weighted by Gasteiger charge is -2.12. The molecule has 0 aliphatic rings. The monoisotopic (exact) mass is 540 g/mol. The molecule has 0 spiro atoms. The molecule has 8 nitrogen and oxygen atoms in total. The Morgan fingerprint density at radius 1 is 0.805 bits per heavy atom. The Morgan fingerprint density at radius 3 is 2.37 bits per heavy atom. The van der Waals surface area contributed by atoms with E-state index >= 15 is 0 Å². The van der Waals surface area contributed by atoms with Crippen LogP contribution in [0.15, 0.2) is 109 Å². The van der Waals surface area contributed by atoms with E-state index in [1.165, 1.54) is 0 Å². The summed E-state index contributed by atoms with van der Waals surface area (Å²) >= 11 is 0. The summed E-state index contributed by atoms with van der Waals surface area (Å²) in [7, 11) is 0. The maximum atomic E-state index is 11.0. The number of pyridine rings is 2. The highest BCUT2D eigenvalue weighted by atomic mass is 16.4. The summed E-state index contributed by atoms with van der Waals surface area (Å²) in [5.41, 5.74) is 14.3. The second-order valence-corrected chi connectivity index (χ2v) is 9.77. The quantitative estimate of drug-likeness (QED) is 0.217. The van der Waals surface area contributed by atoms with Gasteiger partial charge in [-0.3, -0.25) is 9.36 Å². The van der Waals surface area contributed by atoms with Gasteiger partial charge < -0.3 is 16.2 Å². The lowest BCUT2D eigenvalue weighted by atomic mass is 10.1. The molecule has 0 aliphatic heterocycles. The van der Waals surface area contributed by atoms with Crippen LogP contribution in [0.25, 0.3) is 39.5 Å². The average molecular weight is 541 g/mol. The molecule has 8 heteroatoms. The van der Waals surface area contributed by atoms with Crippen molar-refractivity contribution in [1.29, 1.82) is 0 Å². The number of nitrogens with two attached hydrogens (primary N) is 1. The van der Waals surface area contributed by atoms with Gasteiger partial charge in [-0.2, -0.15) is 0 Å². The number of fused-ring (bicyclic) bond motifs is 1. The molecule has 4 N–H and O–H groups in total. The van der Waals surface area contributed by atoms with E-state index < -0.39 is 5.97 Å². The smallest absolute Gasteiger partial charge is 0.307 e. The highest BCUT2D eigenvalue weighted by Crippen LogP contribution is 2.31.